The van der Waals surface area contributed by atoms with Crippen LogP contribution in [0.1, 0.15) is 18.4 Å². The molecule has 0 amide bonds. The first-order valence-electron chi connectivity index (χ1n) is 7.42. The molecule has 0 saturated carbocycles. The maximum atomic E-state index is 11.2. The highest BCUT2D eigenvalue weighted by molar-refractivity contribution is 5.78. The Hall–Kier alpha value is -1.43. The molecule has 1 aliphatic rings. The Bertz CT molecular complexity index is 453. The van der Waals surface area contributed by atoms with Crippen molar-refractivity contribution >= 4 is 5.78 Å². The van der Waals surface area contributed by atoms with Crippen LogP contribution in [0, 0.1) is 0 Å². The van der Waals surface area contributed by atoms with Gasteiger partial charge in [0.05, 0.1) is 46.3 Å². The van der Waals surface area contributed by atoms with Gasteiger partial charge in [0, 0.05) is 5.56 Å². The highest BCUT2D eigenvalue weighted by Gasteiger charge is 2.22. The van der Waals surface area contributed by atoms with Gasteiger partial charge in [-0.25, -0.2) is 0 Å². The molecule has 1 aliphatic heterocycles. The van der Waals surface area contributed by atoms with Gasteiger partial charge in [-0.1, -0.05) is 18.2 Å². The molecule has 0 aliphatic carbocycles. The Balaban J connectivity index is 1.69. The molecule has 1 atom stereocenters. The van der Waals surface area contributed by atoms with Crippen molar-refractivity contribution in [3.8, 4) is 5.75 Å². The number of nitrogens with one attached hydrogen (secondary N) is 1. The van der Waals surface area contributed by atoms with Crippen LogP contribution >= 0.6 is 0 Å². The van der Waals surface area contributed by atoms with Gasteiger partial charge in [-0.3, -0.25) is 4.79 Å². The normalized spacial score (nSPS) is 17.7. The molecule has 0 radical (unpaired) electrons. The van der Waals surface area contributed by atoms with Crippen molar-refractivity contribution in [2.24, 2.45) is 0 Å². The smallest absolute Gasteiger partial charge is 0.144 e. The van der Waals surface area contributed by atoms with Crippen molar-refractivity contribution in [3.63, 3.8) is 0 Å². The van der Waals surface area contributed by atoms with Gasteiger partial charge in [-0.15, -0.1) is 0 Å². The van der Waals surface area contributed by atoms with E-state index in [1.165, 1.54) is 4.90 Å². The second-order valence-electron chi connectivity index (χ2n) is 5.47. The first-order chi connectivity index (χ1) is 10.2. The summed E-state index contributed by atoms with van der Waals surface area (Å²) in [6.45, 7) is 3.01. The zero-order valence-corrected chi connectivity index (χ0v) is 12.5. The van der Waals surface area contributed by atoms with Gasteiger partial charge in [0.25, 0.3) is 0 Å². The molecule has 0 spiro atoms. The Morgan fingerprint density at radius 2 is 2.00 bits per heavy atom. The lowest BCUT2D eigenvalue weighted by Gasteiger charge is -2.25. The second kappa shape index (κ2) is 8.12. The molecule has 0 bridgehead atoms. The number of para-hydroxylation sites is 1. The zero-order valence-electron chi connectivity index (χ0n) is 12.5. The minimum absolute atomic E-state index is 0.301. The molecule has 5 nitrogen and oxygen atoms in total. The summed E-state index contributed by atoms with van der Waals surface area (Å²) >= 11 is 0. The summed E-state index contributed by atoms with van der Waals surface area (Å²) < 4.78 is 10.8. The molecule has 1 aromatic carbocycles. The van der Waals surface area contributed by atoms with Crippen LogP contribution in [0.3, 0.4) is 0 Å². The number of ketones is 1. The molecule has 2 rings (SSSR count). The molecule has 1 heterocycles. The van der Waals surface area contributed by atoms with Crippen LogP contribution in [0.15, 0.2) is 24.3 Å². The van der Waals surface area contributed by atoms with Crippen LogP contribution in [0.25, 0.3) is 0 Å². The molecule has 1 saturated heterocycles. The fourth-order valence-electron chi connectivity index (χ4n) is 2.61. The number of carbonyl (C=O) groups is 1. The van der Waals surface area contributed by atoms with E-state index in [0.29, 0.717) is 38.4 Å². The number of carbonyl (C=O) groups excluding carboxylic acids is 1. The van der Waals surface area contributed by atoms with E-state index in [-0.39, 0.29) is 0 Å². The number of likely N-dealkylation sites (tertiary alicyclic amines) is 1. The highest BCUT2D eigenvalue weighted by atomic mass is 16.5. The third kappa shape index (κ3) is 5.12. The molecular weight excluding hydrogens is 270 g/mol. The van der Waals surface area contributed by atoms with E-state index in [0.717, 1.165) is 24.4 Å². The lowest BCUT2D eigenvalue weighted by molar-refractivity contribution is -0.904. The van der Waals surface area contributed by atoms with Gasteiger partial charge < -0.3 is 19.5 Å². The van der Waals surface area contributed by atoms with Crippen LogP contribution in [-0.2, 0) is 16.1 Å². The predicted octanol–water partition coefficient (Wildman–Crippen LogP) is -0.179. The molecule has 5 heteroatoms. The van der Waals surface area contributed by atoms with Gasteiger partial charge in [-0.2, -0.15) is 0 Å². The monoisotopic (exact) mass is 294 g/mol. The number of hydrogen-bond acceptors (Lipinski definition) is 4. The predicted molar refractivity (Wildman–Crippen MR) is 78.5 cm³/mol. The third-order valence-electron chi connectivity index (χ3n) is 3.80. The average molecular weight is 294 g/mol. The minimum atomic E-state index is -0.497. The third-order valence-corrected chi connectivity index (χ3v) is 3.80. The van der Waals surface area contributed by atoms with Gasteiger partial charge in [0.15, 0.2) is 0 Å². The largest absolute Gasteiger partial charge is 0.496 e. The van der Waals surface area contributed by atoms with E-state index in [1.807, 2.05) is 24.3 Å². The molecule has 0 unspecified atom stereocenters. The Morgan fingerprint density at radius 1 is 1.29 bits per heavy atom. The van der Waals surface area contributed by atoms with Crippen molar-refractivity contribution in [2.75, 3.05) is 33.4 Å². The standard InChI is InChI=1S/C16H23NO4/c1-20-16-5-3-2-4-13(16)11-21-12-15(19)10-17-8-6-14(18)7-9-17/h2-5,15,19H,6-12H2,1H3/p+1/t15-/m1/s1. The summed E-state index contributed by atoms with van der Waals surface area (Å²) in [5, 5.41) is 10.0. The van der Waals surface area contributed by atoms with Crippen LogP contribution in [0.2, 0.25) is 0 Å². The minimum Gasteiger partial charge on any atom is -0.496 e. The molecule has 0 aromatic heterocycles. The maximum Gasteiger partial charge on any atom is 0.144 e. The zero-order chi connectivity index (χ0) is 15.1. The molecule has 2 N–H and O–H groups in total. The number of rotatable bonds is 7. The lowest BCUT2D eigenvalue weighted by atomic mass is 10.1. The second-order valence-corrected chi connectivity index (χ2v) is 5.47. The van der Waals surface area contributed by atoms with Crippen LogP contribution in [0.4, 0.5) is 0 Å². The SMILES string of the molecule is COc1ccccc1COC[C@H](O)C[NH+]1CCC(=O)CC1. The van der Waals surface area contributed by atoms with Crippen molar-refractivity contribution in [1.82, 2.24) is 0 Å². The molecular formula is C16H24NO4+. The van der Waals surface area contributed by atoms with Gasteiger partial charge in [0.1, 0.15) is 24.2 Å². The van der Waals surface area contributed by atoms with Crippen LogP contribution in [0.5, 0.6) is 5.75 Å². The summed E-state index contributed by atoms with van der Waals surface area (Å²) in [6.07, 6.45) is 0.761. The molecule has 116 valence electrons. The van der Waals surface area contributed by atoms with E-state index >= 15 is 0 Å². The number of piperidine rings is 1. The van der Waals surface area contributed by atoms with E-state index < -0.39 is 6.10 Å². The summed E-state index contributed by atoms with van der Waals surface area (Å²) in [5.74, 6) is 1.13. The van der Waals surface area contributed by atoms with Crippen molar-refractivity contribution in [3.05, 3.63) is 29.8 Å². The number of Topliss-reactive ketones (excluding diaryl/α,β-unsaturated/α-hetero) is 1. The quantitative estimate of drug-likeness (QED) is 0.732. The number of benzene rings is 1. The summed E-state index contributed by atoms with van der Waals surface area (Å²) in [7, 11) is 1.63. The first-order valence-corrected chi connectivity index (χ1v) is 7.42. The fraction of sp³-hybridized carbons (Fsp3) is 0.562. The topological polar surface area (TPSA) is 60.2 Å². The van der Waals surface area contributed by atoms with E-state index in [2.05, 4.69) is 0 Å². The molecule has 1 aromatic rings. The number of quaternary nitrogens is 1. The van der Waals surface area contributed by atoms with E-state index in [4.69, 9.17) is 9.47 Å². The Kier molecular flexibility index (Phi) is 6.17. The molecule has 21 heavy (non-hydrogen) atoms. The van der Waals surface area contributed by atoms with E-state index in [9.17, 15) is 9.90 Å². The highest BCUT2D eigenvalue weighted by Crippen LogP contribution is 2.17. The summed E-state index contributed by atoms with van der Waals surface area (Å²) in [6, 6.07) is 7.70. The number of methoxy groups -OCH3 is 1. The van der Waals surface area contributed by atoms with Crippen LogP contribution in [-0.4, -0.2) is 50.3 Å². The van der Waals surface area contributed by atoms with Gasteiger partial charge in [-0.05, 0) is 6.07 Å². The maximum absolute atomic E-state index is 11.2. The Labute approximate surface area is 125 Å². The summed E-state index contributed by atoms with van der Waals surface area (Å²) in [5.41, 5.74) is 0.975. The van der Waals surface area contributed by atoms with Crippen LogP contribution < -0.4 is 9.64 Å². The number of ether oxygens (including phenoxy) is 2. The number of aliphatic hydroxyl groups excluding tert-OH is 1. The first kappa shape index (κ1) is 15.9. The average Bonchev–Trinajstić information content (AvgIpc) is 2.50. The lowest BCUT2D eigenvalue weighted by Crippen LogP contribution is -3.14. The fourth-order valence-corrected chi connectivity index (χ4v) is 2.61. The number of aliphatic hydroxyl groups is 1. The van der Waals surface area contributed by atoms with Gasteiger partial charge in [0.2, 0.25) is 0 Å². The van der Waals surface area contributed by atoms with E-state index in [1.54, 1.807) is 7.11 Å². The summed E-state index contributed by atoms with van der Waals surface area (Å²) in [4.78, 5) is 12.5. The van der Waals surface area contributed by atoms with Crippen molar-refractivity contribution in [1.29, 1.82) is 0 Å². The number of hydrogen-bond donors (Lipinski definition) is 2. The van der Waals surface area contributed by atoms with Gasteiger partial charge >= 0.3 is 0 Å². The Morgan fingerprint density at radius 3 is 2.71 bits per heavy atom. The van der Waals surface area contributed by atoms with Crippen molar-refractivity contribution < 1.29 is 24.3 Å². The van der Waals surface area contributed by atoms with Crippen molar-refractivity contribution in [2.45, 2.75) is 25.6 Å². The molecule has 1 fully saturated rings.